The third-order valence-corrected chi connectivity index (χ3v) is 6.61. The predicted octanol–water partition coefficient (Wildman–Crippen LogP) is 7.39. The van der Waals surface area contributed by atoms with E-state index in [0.29, 0.717) is 0 Å². The highest BCUT2D eigenvalue weighted by molar-refractivity contribution is 6.23. The lowest BCUT2D eigenvalue weighted by Gasteiger charge is -2.22. The zero-order valence-corrected chi connectivity index (χ0v) is 18.8. The van der Waals surface area contributed by atoms with Crippen LogP contribution in [0.1, 0.15) is 26.3 Å². The average Bonchev–Trinajstić information content (AvgIpc) is 3.10. The number of fused-ring (bicyclic) bond motifs is 6. The van der Waals surface area contributed by atoms with Gasteiger partial charge in [0, 0.05) is 18.0 Å². The van der Waals surface area contributed by atoms with Gasteiger partial charge in [0.25, 0.3) is 0 Å². The molecule has 6 aromatic rings. The summed E-state index contributed by atoms with van der Waals surface area (Å²) in [7, 11) is 2.09. The van der Waals surface area contributed by atoms with Gasteiger partial charge in [-0.1, -0.05) is 75.4 Å². The molecule has 6 rings (SSSR count). The monoisotopic (exact) mass is 415 g/mol. The number of hydrogen-bond donors (Lipinski definition) is 0. The van der Waals surface area contributed by atoms with Gasteiger partial charge in [-0.05, 0) is 50.7 Å². The van der Waals surface area contributed by atoms with E-state index in [4.69, 9.17) is 9.97 Å². The molecule has 0 unspecified atom stereocenters. The molecular formula is C29H25N3. The van der Waals surface area contributed by atoms with Gasteiger partial charge in [0.2, 0.25) is 0 Å². The highest BCUT2D eigenvalue weighted by Gasteiger charge is 2.21. The van der Waals surface area contributed by atoms with Crippen LogP contribution in [0.4, 0.5) is 0 Å². The van der Waals surface area contributed by atoms with E-state index < -0.39 is 0 Å². The first-order valence-electron chi connectivity index (χ1n) is 11.1. The molecule has 0 amide bonds. The highest BCUT2D eigenvalue weighted by atomic mass is 15.0. The van der Waals surface area contributed by atoms with Crippen LogP contribution >= 0.6 is 0 Å². The Hall–Kier alpha value is -3.72. The molecule has 0 atom stereocenters. The third kappa shape index (κ3) is 2.67. The van der Waals surface area contributed by atoms with Crippen molar-refractivity contribution in [3.8, 4) is 11.3 Å². The van der Waals surface area contributed by atoms with Gasteiger partial charge >= 0.3 is 0 Å². The van der Waals surface area contributed by atoms with E-state index in [-0.39, 0.29) is 5.41 Å². The van der Waals surface area contributed by atoms with Crippen molar-refractivity contribution in [2.24, 2.45) is 7.05 Å². The molecule has 0 fully saturated rings. The summed E-state index contributed by atoms with van der Waals surface area (Å²) in [5.74, 6) is 0. The fourth-order valence-corrected chi connectivity index (χ4v) is 5.06. The van der Waals surface area contributed by atoms with Gasteiger partial charge in [0.1, 0.15) is 12.0 Å². The molecule has 0 saturated carbocycles. The molecule has 0 aliphatic heterocycles. The molecular weight excluding hydrogens is 390 g/mol. The van der Waals surface area contributed by atoms with Gasteiger partial charge in [0.15, 0.2) is 0 Å². The maximum absolute atomic E-state index is 4.85. The van der Waals surface area contributed by atoms with Crippen LogP contribution in [-0.2, 0) is 12.5 Å². The van der Waals surface area contributed by atoms with Gasteiger partial charge in [0.05, 0.1) is 16.6 Å². The summed E-state index contributed by atoms with van der Waals surface area (Å²) < 4.78 is 2.19. The first kappa shape index (κ1) is 19.0. The summed E-state index contributed by atoms with van der Waals surface area (Å²) in [6.07, 6.45) is 1.70. The molecule has 0 aliphatic carbocycles. The van der Waals surface area contributed by atoms with Crippen molar-refractivity contribution in [2.45, 2.75) is 26.2 Å². The first-order valence-corrected chi connectivity index (χ1v) is 11.1. The molecule has 3 nitrogen and oxygen atoms in total. The van der Waals surface area contributed by atoms with Gasteiger partial charge in [-0.2, -0.15) is 0 Å². The van der Waals surface area contributed by atoms with E-state index in [2.05, 4.69) is 105 Å². The van der Waals surface area contributed by atoms with Crippen LogP contribution in [0.25, 0.3) is 54.7 Å². The van der Waals surface area contributed by atoms with Crippen molar-refractivity contribution in [2.75, 3.05) is 0 Å². The Bertz CT molecular complexity index is 1670. The highest BCUT2D eigenvalue weighted by Crippen LogP contribution is 2.40. The summed E-state index contributed by atoms with van der Waals surface area (Å²) in [4.78, 5) is 9.55. The molecule has 2 heterocycles. The minimum absolute atomic E-state index is 0.0210. The summed E-state index contributed by atoms with van der Waals surface area (Å²) in [5.41, 5.74) is 5.63. The van der Waals surface area contributed by atoms with E-state index in [1.165, 1.54) is 38.0 Å². The zero-order chi connectivity index (χ0) is 22.0. The lowest BCUT2D eigenvalue weighted by Crippen LogP contribution is -2.12. The lowest BCUT2D eigenvalue weighted by molar-refractivity contribution is 0.596. The molecule has 156 valence electrons. The van der Waals surface area contributed by atoms with E-state index in [9.17, 15) is 0 Å². The summed E-state index contributed by atoms with van der Waals surface area (Å²) in [6, 6.07) is 26.2. The smallest absolute Gasteiger partial charge is 0.144 e. The van der Waals surface area contributed by atoms with Gasteiger partial charge < -0.3 is 4.57 Å². The molecule has 0 N–H and O–H groups in total. The second kappa shape index (κ2) is 6.64. The molecule has 32 heavy (non-hydrogen) atoms. The topological polar surface area (TPSA) is 30.7 Å². The third-order valence-electron chi connectivity index (χ3n) is 6.61. The molecule has 2 aromatic heterocycles. The Morgan fingerprint density at radius 3 is 2.22 bits per heavy atom. The SMILES string of the molecule is Cn1c2ccc3ccccc3c2c2c(-c3cc(C(C)(C)C)c4ccccc4c3)ncnc21. The normalized spacial score (nSPS) is 12.4. The van der Waals surface area contributed by atoms with Gasteiger partial charge in [-0.3, -0.25) is 0 Å². The van der Waals surface area contributed by atoms with Crippen molar-refractivity contribution >= 4 is 43.5 Å². The second-order valence-corrected chi connectivity index (χ2v) is 9.66. The summed E-state index contributed by atoms with van der Waals surface area (Å²) in [6.45, 7) is 6.83. The number of aromatic nitrogens is 3. The fraction of sp³-hybridized carbons (Fsp3) is 0.172. The largest absolute Gasteiger partial charge is 0.328 e. The number of rotatable bonds is 1. The summed E-state index contributed by atoms with van der Waals surface area (Å²) in [5, 5.41) is 7.36. The quantitative estimate of drug-likeness (QED) is 0.280. The van der Waals surface area contributed by atoms with E-state index in [0.717, 1.165) is 22.3 Å². The molecule has 0 saturated heterocycles. The molecule has 0 aliphatic rings. The van der Waals surface area contributed by atoms with Crippen LogP contribution in [0.3, 0.4) is 0 Å². The number of hydrogen-bond acceptors (Lipinski definition) is 2. The Labute approximate surface area is 187 Å². The van der Waals surface area contributed by atoms with Crippen LogP contribution in [0.2, 0.25) is 0 Å². The zero-order valence-electron chi connectivity index (χ0n) is 18.8. The molecule has 4 aromatic carbocycles. The Kier molecular flexibility index (Phi) is 3.94. The summed E-state index contributed by atoms with van der Waals surface area (Å²) >= 11 is 0. The van der Waals surface area contributed by atoms with Crippen LogP contribution in [0, 0.1) is 0 Å². The fourth-order valence-electron chi connectivity index (χ4n) is 5.06. The second-order valence-electron chi connectivity index (χ2n) is 9.66. The standard InChI is InChI=1S/C29H25N3/c1-29(2,3)23-16-20(15-19-10-6-7-11-21(19)23)27-26-25-22-12-8-5-9-18(22)13-14-24(25)32(4)28(26)31-17-30-27/h5-17H,1-4H3. The van der Waals surface area contributed by atoms with Crippen molar-refractivity contribution in [1.29, 1.82) is 0 Å². The van der Waals surface area contributed by atoms with Crippen LogP contribution in [0.5, 0.6) is 0 Å². The molecule has 0 spiro atoms. The molecule has 0 bridgehead atoms. The average molecular weight is 416 g/mol. The Morgan fingerprint density at radius 2 is 1.44 bits per heavy atom. The minimum atomic E-state index is 0.0210. The first-order chi connectivity index (χ1) is 15.4. The van der Waals surface area contributed by atoms with Crippen molar-refractivity contribution in [3.63, 3.8) is 0 Å². The maximum Gasteiger partial charge on any atom is 0.144 e. The van der Waals surface area contributed by atoms with Crippen LogP contribution in [-0.4, -0.2) is 14.5 Å². The predicted molar refractivity (Wildman–Crippen MR) is 135 cm³/mol. The Morgan fingerprint density at radius 1 is 0.719 bits per heavy atom. The van der Waals surface area contributed by atoms with Crippen LogP contribution < -0.4 is 0 Å². The molecule has 3 heteroatoms. The number of nitrogens with zero attached hydrogens (tertiary/aromatic N) is 3. The number of aryl methyl sites for hydroxylation is 1. The number of benzene rings is 4. The van der Waals surface area contributed by atoms with Crippen LogP contribution in [0.15, 0.2) is 79.1 Å². The van der Waals surface area contributed by atoms with E-state index in [1.54, 1.807) is 6.33 Å². The Balaban J connectivity index is 1.79. The van der Waals surface area contributed by atoms with Crippen molar-refractivity contribution < 1.29 is 0 Å². The maximum atomic E-state index is 4.85. The van der Waals surface area contributed by atoms with Gasteiger partial charge in [-0.15, -0.1) is 0 Å². The lowest BCUT2D eigenvalue weighted by atomic mass is 9.82. The molecule has 0 radical (unpaired) electrons. The van der Waals surface area contributed by atoms with Crippen molar-refractivity contribution in [3.05, 3.63) is 84.7 Å². The van der Waals surface area contributed by atoms with E-state index >= 15 is 0 Å². The van der Waals surface area contributed by atoms with Crippen molar-refractivity contribution in [1.82, 2.24) is 14.5 Å². The minimum Gasteiger partial charge on any atom is -0.328 e. The van der Waals surface area contributed by atoms with E-state index in [1.807, 2.05) is 0 Å². The van der Waals surface area contributed by atoms with Gasteiger partial charge in [-0.25, -0.2) is 9.97 Å².